The van der Waals surface area contributed by atoms with Crippen LogP contribution >= 0.6 is 11.8 Å². The van der Waals surface area contributed by atoms with Crippen LogP contribution in [0.4, 0.5) is 0 Å². The summed E-state index contributed by atoms with van der Waals surface area (Å²) in [5.74, 6) is 1.61. The van der Waals surface area contributed by atoms with E-state index < -0.39 is 0 Å². The molecule has 0 radical (unpaired) electrons. The average Bonchev–Trinajstić information content (AvgIpc) is 3.23. The predicted molar refractivity (Wildman–Crippen MR) is 98.6 cm³/mol. The lowest BCUT2D eigenvalue weighted by molar-refractivity contribution is 0.729. The van der Waals surface area contributed by atoms with E-state index in [1.54, 1.807) is 22.8 Å². The van der Waals surface area contributed by atoms with Gasteiger partial charge in [-0.3, -0.25) is 9.08 Å². The Morgan fingerprint density at radius 3 is 2.60 bits per heavy atom. The highest BCUT2D eigenvalue weighted by atomic mass is 32.2. The summed E-state index contributed by atoms with van der Waals surface area (Å²) in [7, 11) is 1.90. The third kappa shape index (κ3) is 2.27. The molecule has 3 heterocycles. The van der Waals surface area contributed by atoms with E-state index in [0.717, 1.165) is 38.6 Å². The second-order valence-electron chi connectivity index (χ2n) is 5.76. The van der Waals surface area contributed by atoms with Gasteiger partial charge in [0.15, 0.2) is 5.16 Å². The van der Waals surface area contributed by atoms with E-state index >= 15 is 0 Å². The molecule has 3 aromatic heterocycles. The fraction of sp³-hybridized carbons (Fsp3) is 0.111. The largest absolute Gasteiger partial charge is 0.271 e. The van der Waals surface area contributed by atoms with Gasteiger partial charge in [-0.05, 0) is 24.3 Å². The van der Waals surface area contributed by atoms with Crippen LogP contribution in [0, 0.1) is 0 Å². The molecule has 5 aromatic rings. The Morgan fingerprint density at radius 1 is 0.960 bits per heavy atom. The smallest absolute Gasteiger partial charge is 0.175 e. The summed E-state index contributed by atoms with van der Waals surface area (Å²) in [6.45, 7) is 0. The molecule has 25 heavy (non-hydrogen) atoms. The van der Waals surface area contributed by atoms with E-state index in [4.69, 9.17) is 9.97 Å². The molecular formula is C18H14N6S. The number of hydrogen-bond donors (Lipinski definition) is 0. The molecule has 7 heteroatoms. The van der Waals surface area contributed by atoms with Crippen molar-refractivity contribution in [3.63, 3.8) is 0 Å². The Morgan fingerprint density at radius 2 is 1.76 bits per heavy atom. The van der Waals surface area contributed by atoms with Crippen molar-refractivity contribution < 1.29 is 0 Å². The van der Waals surface area contributed by atoms with E-state index in [1.807, 2.05) is 43.4 Å². The average molecular weight is 346 g/mol. The summed E-state index contributed by atoms with van der Waals surface area (Å²) in [4.78, 5) is 14.0. The number of nitrogens with zero attached hydrogens (tertiary/aromatic N) is 6. The zero-order valence-electron chi connectivity index (χ0n) is 13.5. The topological polar surface area (TPSA) is 60.9 Å². The SMILES string of the molecule is Cn1ncnc1CSc1nc2ccccc2c2nc3ccccc3n12. The Labute approximate surface area is 147 Å². The molecule has 0 spiro atoms. The highest BCUT2D eigenvalue weighted by Crippen LogP contribution is 2.29. The molecule has 2 aromatic carbocycles. The van der Waals surface area contributed by atoms with Crippen molar-refractivity contribution in [2.45, 2.75) is 10.9 Å². The molecule has 0 bridgehead atoms. The van der Waals surface area contributed by atoms with E-state index in [9.17, 15) is 0 Å². The molecule has 122 valence electrons. The highest BCUT2D eigenvalue weighted by molar-refractivity contribution is 7.98. The van der Waals surface area contributed by atoms with Gasteiger partial charge >= 0.3 is 0 Å². The first-order valence-electron chi connectivity index (χ1n) is 7.93. The van der Waals surface area contributed by atoms with Crippen molar-refractivity contribution in [3.8, 4) is 0 Å². The van der Waals surface area contributed by atoms with Crippen LogP contribution in [-0.2, 0) is 12.8 Å². The van der Waals surface area contributed by atoms with Crippen LogP contribution in [0.5, 0.6) is 0 Å². The summed E-state index contributed by atoms with van der Waals surface area (Å²) in [6.07, 6.45) is 1.58. The van der Waals surface area contributed by atoms with E-state index in [1.165, 1.54) is 0 Å². The lowest BCUT2D eigenvalue weighted by Crippen LogP contribution is -2.00. The van der Waals surface area contributed by atoms with E-state index in [0.29, 0.717) is 5.75 Å². The van der Waals surface area contributed by atoms with Gasteiger partial charge in [-0.2, -0.15) is 5.10 Å². The minimum absolute atomic E-state index is 0.698. The van der Waals surface area contributed by atoms with E-state index in [2.05, 4.69) is 26.6 Å². The number of aromatic nitrogens is 6. The molecule has 0 amide bonds. The molecule has 0 atom stereocenters. The van der Waals surface area contributed by atoms with Crippen molar-refractivity contribution in [1.82, 2.24) is 29.1 Å². The van der Waals surface area contributed by atoms with Gasteiger partial charge in [-0.15, -0.1) is 0 Å². The van der Waals surface area contributed by atoms with Crippen LogP contribution in [0.1, 0.15) is 5.82 Å². The second kappa shape index (κ2) is 5.56. The fourth-order valence-corrected chi connectivity index (χ4v) is 3.99. The van der Waals surface area contributed by atoms with Gasteiger partial charge in [-0.1, -0.05) is 36.0 Å². The maximum atomic E-state index is 4.88. The van der Waals surface area contributed by atoms with Crippen molar-refractivity contribution in [2.24, 2.45) is 7.05 Å². The highest BCUT2D eigenvalue weighted by Gasteiger charge is 2.14. The van der Waals surface area contributed by atoms with Crippen molar-refractivity contribution in [1.29, 1.82) is 0 Å². The Hall–Kier alpha value is -2.93. The Balaban J connectivity index is 1.76. The lowest BCUT2D eigenvalue weighted by atomic mass is 10.2. The molecule has 0 N–H and O–H groups in total. The standard InChI is InChI=1S/C18H14N6S/c1-23-16(19-11-20-23)10-25-18-22-13-7-3-2-6-12(13)17-21-14-8-4-5-9-15(14)24(17)18/h2-9,11H,10H2,1H3. The van der Waals surface area contributed by atoms with Gasteiger partial charge < -0.3 is 0 Å². The minimum atomic E-state index is 0.698. The molecule has 0 fully saturated rings. The third-order valence-corrected chi connectivity index (χ3v) is 5.18. The lowest BCUT2D eigenvalue weighted by Gasteiger charge is -2.08. The number of thioether (sulfide) groups is 1. The van der Waals surface area contributed by atoms with Crippen molar-refractivity contribution in [2.75, 3.05) is 0 Å². The minimum Gasteiger partial charge on any atom is -0.271 e. The quantitative estimate of drug-likeness (QED) is 0.370. The molecule has 6 nitrogen and oxygen atoms in total. The number of hydrogen-bond acceptors (Lipinski definition) is 5. The Kier molecular flexibility index (Phi) is 3.21. The van der Waals surface area contributed by atoms with Crippen LogP contribution < -0.4 is 0 Å². The normalized spacial score (nSPS) is 11.7. The van der Waals surface area contributed by atoms with Crippen LogP contribution in [0.3, 0.4) is 0 Å². The molecule has 0 unspecified atom stereocenters. The molecule has 0 aliphatic rings. The number of aryl methyl sites for hydroxylation is 1. The molecule has 5 rings (SSSR count). The molecular weight excluding hydrogens is 332 g/mol. The zero-order valence-corrected chi connectivity index (χ0v) is 14.3. The van der Waals surface area contributed by atoms with Crippen molar-refractivity contribution >= 4 is 39.3 Å². The van der Waals surface area contributed by atoms with Crippen LogP contribution in [0.25, 0.3) is 27.6 Å². The number of fused-ring (bicyclic) bond motifs is 5. The maximum absolute atomic E-state index is 4.88. The number of rotatable bonds is 3. The molecule has 0 saturated carbocycles. The molecule has 0 aliphatic heterocycles. The monoisotopic (exact) mass is 346 g/mol. The van der Waals surface area contributed by atoms with Gasteiger partial charge in [0.1, 0.15) is 17.8 Å². The number of para-hydroxylation sites is 3. The fourth-order valence-electron chi connectivity index (χ4n) is 2.99. The summed E-state index contributed by atoms with van der Waals surface area (Å²) in [5, 5.41) is 6.10. The van der Waals surface area contributed by atoms with Crippen molar-refractivity contribution in [3.05, 3.63) is 60.7 Å². The van der Waals surface area contributed by atoms with Crippen LogP contribution in [-0.4, -0.2) is 29.1 Å². The third-order valence-electron chi connectivity index (χ3n) is 4.25. The summed E-state index contributed by atoms with van der Waals surface area (Å²) < 4.78 is 3.93. The number of benzene rings is 2. The van der Waals surface area contributed by atoms with Crippen LogP contribution in [0.2, 0.25) is 0 Å². The second-order valence-corrected chi connectivity index (χ2v) is 6.70. The summed E-state index contributed by atoms with van der Waals surface area (Å²) in [5.41, 5.74) is 3.93. The molecule has 0 aliphatic carbocycles. The number of imidazole rings is 1. The van der Waals surface area contributed by atoms with E-state index in [-0.39, 0.29) is 0 Å². The first kappa shape index (κ1) is 14.4. The van der Waals surface area contributed by atoms with Gasteiger partial charge in [0.05, 0.1) is 22.3 Å². The van der Waals surface area contributed by atoms with Crippen LogP contribution in [0.15, 0.2) is 60.0 Å². The first-order chi connectivity index (χ1) is 12.3. The van der Waals surface area contributed by atoms with Gasteiger partial charge in [-0.25, -0.2) is 15.0 Å². The van der Waals surface area contributed by atoms with Gasteiger partial charge in [0.2, 0.25) is 0 Å². The Bertz CT molecular complexity index is 1220. The summed E-state index contributed by atoms with van der Waals surface area (Å²) >= 11 is 1.64. The zero-order chi connectivity index (χ0) is 16.8. The predicted octanol–water partition coefficient (Wildman–Crippen LogP) is 3.46. The summed E-state index contributed by atoms with van der Waals surface area (Å²) in [6, 6.07) is 16.3. The van der Waals surface area contributed by atoms with Gasteiger partial charge in [0, 0.05) is 12.4 Å². The maximum Gasteiger partial charge on any atom is 0.175 e. The molecule has 0 saturated heterocycles. The first-order valence-corrected chi connectivity index (χ1v) is 8.91. The van der Waals surface area contributed by atoms with Gasteiger partial charge in [0.25, 0.3) is 0 Å².